The van der Waals surface area contributed by atoms with Gasteiger partial charge in [-0.15, -0.1) is 0 Å². The lowest BCUT2D eigenvalue weighted by Gasteiger charge is -2.15. The number of amides is 1. The number of aryl methyl sites for hydroxylation is 1. The number of aromatic amines is 1. The number of rotatable bonds is 5. The quantitative estimate of drug-likeness (QED) is 0.884. The highest BCUT2D eigenvalue weighted by molar-refractivity contribution is 5.95. The van der Waals surface area contributed by atoms with Gasteiger partial charge >= 0.3 is 0 Å². The third kappa shape index (κ3) is 3.94. The van der Waals surface area contributed by atoms with E-state index in [1.807, 2.05) is 13.8 Å². The standard InChI is InChI=1S/C17H23N3O/c1-11(2)9-14-5-7-15(8-6-14)12(3)19-17(21)16-10-18-20-13(16)4/h5-8,10-12H,9H2,1-4H3,(H,18,20)(H,19,21). The molecule has 1 heterocycles. The summed E-state index contributed by atoms with van der Waals surface area (Å²) in [6.07, 6.45) is 2.64. The largest absolute Gasteiger partial charge is 0.345 e. The Bertz CT molecular complexity index is 599. The van der Waals surface area contributed by atoms with Gasteiger partial charge in [0.15, 0.2) is 0 Å². The van der Waals surface area contributed by atoms with Crippen LogP contribution in [0.2, 0.25) is 0 Å². The number of nitrogens with zero attached hydrogens (tertiary/aromatic N) is 1. The van der Waals surface area contributed by atoms with Crippen LogP contribution < -0.4 is 5.32 Å². The minimum absolute atomic E-state index is 0.0279. The summed E-state index contributed by atoms with van der Waals surface area (Å²) in [5, 5.41) is 9.65. The molecule has 2 N–H and O–H groups in total. The third-order valence-electron chi connectivity index (χ3n) is 3.55. The number of hydrogen-bond acceptors (Lipinski definition) is 2. The molecule has 0 bridgehead atoms. The molecule has 112 valence electrons. The number of aromatic nitrogens is 2. The van der Waals surface area contributed by atoms with E-state index >= 15 is 0 Å². The molecule has 0 aliphatic carbocycles. The first-order chi connectivity index (χ1) is 9.97. The van der Waals surface area contributed by atoms with Gasteiger partial charge in [0.25, 0.3) is 5.91 Å². The van der Waals surface area contributed by atoms with Gasteiger partial charge in [0.1, 0.15) is 0 Å². The van der Waals surface area contributed by atoms with Crippen molar-refractivity contribution in [1.29, 1.82) is 0 Å². The van der Waals surface area contributed by atoms with Crippen LogP contribution in [0.3, 0.4) is 0 Å². The predicted molar refractivity (Wildman–Crippen MR) is 84.2 cm³/mol. The number of H-pyrrole nitrogens is 1. The van der Waals surface area contributed by atoms with Gasteiger partial charge in [-0.2, -0.15) is 5.10 Å². The van der Waals surface area contributed by atoms with Crippen molar-refractivity contribution in [1.82, 2.24) is 15.5 Å². The van der Waals surface area contributed by atoms with Crippen LogP contribution in [0.1, 0.15) is 54.0 Å². The van der Waals surface area contributed by atoms with E-state index in [-0.39, 0.29) is 11.9 Å². The Balaban J connectivity index is 2.01. The van der Waals surface area contributed by atoms with Gasteiger partial charge in [-0.05, 0) is 37.3 Å². The van der Waals surface area contributed by atoms with E-state index in [0.717, 1.165) is 17.7 Å². The van der Waals surface area contributed by atoms with Crippen molar-refractivity contribution >= 4 is 5.91 Å². The normalized spacial score (nSPS) is 12.4. The summed E-state index contributed by atoms with van der Waals surface area (Å²) in [4.78, 5) is 12.2. The van der Waals surface area contributed by atoms with E-state index in [4.69, 9.17) is 0 Å². The predicted octanol–water partition coefficient (Wildman–Crippen LogP) is 3.41. The van der Waals surface area contributed by atoms with E-state index in [9.17, 15) is 4.79 Å². The Morgan fingerprint density at radius 3 is 2.43 bits per heavy atom. The topological polar surface area (TPSA) is 57.8 Å². The molecular formula is C17H23N3O. The molecule has 4 nitrogen and oxygen atoms in total. The molecule has 1 atom stereocenters. The monoisotopic (exact) mass is 285 g/mol. The second-order valence-electron chi connectivity index (χ2n) is 5.94. The molecule has 0 fully saturated rings. The van der Waals surface area contributed by atoms with Crippen LogP contribution in [0.15, 0.2) is 30.5 Å². The van der Waals surface area contributed by atoms with Crippen molar-refractivity contribution in [3.05, 3.63) is 52.8 Å². The van der Waals surface area contributed by atoms with Crippen LogP contribution in [0.25, 0.3) is 0 Å². The van der Waals surface area contributed by atoms with Gasteiger partial charge < -0.3 is 5.32 Å². The lowest BCUT2D eigenvalue weighted by atomic mass is 10.00. The number of carbonyl (C=O) groups is 1. The van der Waals surface area contributed by atoms with Crippen molar-refractivity contribution in [3.63, 3.8) is 0 Å². The number of nitrogens with one attached hydrogen (secondary N) is 2. The molecule has 2 aromatic rings. The summed E-state index contributed by atoms with van der Waals surface area (Å²) in [5.41, 5.74) is 3.82. The first kappa shape index (κ1) is 15.3. The molecule has 2 rings (SSSR count). The highest BCUT2D eigenvalue weighted by atomic mass is 16.1. The fraction of sp³-hybridized carbons (Fsp3) is 0.412. The maximum atomic E-state index is 12.2. The maximum Gasteiger partial charge on any atom is 0.255 e. The van der Waals surface area contributed by atoms with Gasteiger partial charge in [0, 0.05) is 5.69 Å². The van der Waals surface area contributed by atoms with Gasteiger partial charge in [-0.3, -0.25) is 9.89 Å². The molecule has 1 aromatic carbocycles. The van der Waals surface area contributed by atoms with Crippen LogP contribution >= 0.6 is 0 Å². The first-order valence-corrected chi connectivity index (χ1v) is 7.37. The van der Waals surface area contributed by atoms with Crippen molar-refractivity contribution in [3.8, 4) is 0 Å². The minimum Gasteiger partial charge on any atom is -0.345 e. The molecule has 0 aliphatic heterocycles. The molecule has 0 spiro atoms. The second-order valence-corrected chi connectivity index (χ2v) is 5.94. The molecule has 0 aliphatic rings. The summed E-state index contributed by atoms with van der Waals surface area (Å²) >= 11 is 0. The maximum absolute atomic E-state index is 12.2. The summed E-state index contributed by atoms with van der Waals surface area (Å²) in [5.74, 6) is 0.553. The van der Waals surface area contributed by atoms with E-state index in [1.165, 1.54) is 5.56 Å². The Labute approximate surface area is 126 Å². The van der Waals surface area contributed by atoms with Gasteiger partial charge in [0.05, 0.1) is 17.8 Å². The Kier molecular flexibility index (Phi) is 4.78. The number of hydrogen-bond donors (Lipinski definition) is 2. The lowest BCUT2D eigenvalue weighted by molar-refractivity contribution is 0.0939. The highest BCUT2D eigenvalue weighted by Crippen LogP contribution is 2.16. The molecule has 21 heavy (non-hydrogen) atoms. The van der Waals surface area contributed by atoms with Gasteiger partial charge in [-0.25, -0.2) is 0 Å². The zero-order valence-corrected chi connectivity index (χ0v) is 13.1. The average molecular weight is 285 g/mol. The van der Waals surface area contributed by atoms with Crippen molar-refractivity contribution in [2.75, 3.05) is 0 Å². The summed E-state index contributed by atoms with van der Waals surface area (Å²) in [7, 11) is 0. The fourth-order valence-corrected chi connectivity index (χ4v) is 2.35. The SMILES string of the molecule is Cc1[nH]ncc1C(=O)NC(C)c1ccc(CC(C)C)cc1. The second kappa shape index (κ2) is 6.57. The molecule has 0 saturated carbocycles. The molecule has 0 saturated heterocycles. The Hall–Kier alpha value is -2.10. The minimum atomic E-state index is -0.0972. The molecule has 1 unspecified atom stereocenters. The molecule has 1 amide bonds. The average Bonchev–Trinajstić information content (AvgIpc) is 2.85. The zero-order valence-electron chi connectivity index (χ0n) is 13.1. The van der Waals surface area contributed by atoms with Crippen molar-refractivity contribution < 1.29 is 4.79 Å². The van der Waals surface area contributed by atoms with Crippen molar-refractivity contribution in [2.45, 2.75) is 40.2 Å². The van der Waals surface area contributed by atoms with Crippen LogP contribution in [0, 0.1) is 12.8 Å². The van der Waals surface area contributed by atoms with E-state index in [2.05, 4.69) is 53.6 Å². The third-order valence-corrected chi connectivity index (χ3v) is 3.55. The van der Waals surface area contributed by atoms with E-state index in [1.54, 1.807) is 6.20 Å². The summed E-state index contributed by atoms with van der Waals surface area (Å²) in [6, 6.07) is 8.43. The highest BCUT2D eigenvalue weighted by Gasteiger charge is 2.14. The van der Waals surface area contributed by atoms with Gasteiger partial charge in [-0.1, -0.05) is 38.1 Å². The summed E-state index contributed by atoms with van der Waals surface area (Å²) < 4.78 is 0. The Morgan fingerprint density at radius 1 is 1.24 bits per heavy atom. The zero-order chi connectivity index (χ0) is 15.4. The van der Waals surface area contributed by atoms with Crippen LogP contribution in [-0.2, 0) is 6.42 Å². The van der Waals surface area contributed by atoms with E-state index < -0.39 is 0 Å². The molecule has 0 radical (unpaired) electrons. The lowest BCUT2D eigenvalue weighted by Crippen LogP contribution is -2.26. The van der Waals surface area contributed by atoms with Crippen LogP contribution in [-0.4, -0.2) is 16.1 Å². The van der Waals surface area contributed by atoms with Crippen molar-refractivity contribution in [2.24, 2.45) is 5.92 Å². The molecule has 1 aromatic heterocycles. The smallest absolute Gasteiger partial charge is 0.255 e. The Morgan fingerprint density at radius 2 is 1.90 bits per heavy atom. The first-order valence-electron chi connectivity index (χ1n) is 7.37. The fourth-order valence-electron chi connectivity index (χ4n) is 2.35. The van der Waals surface area contributed by atoms with Gasteiger partial charge in [0.2, 0.25) is 0 Å². The number of carbonyl (C=O) groups excluding carboxylic acids is 1. The van der Waals surface area contributed by atoms with Crippen LogP contribution in [0.4, 0.5) is 0 Å². The molecular weight excluding hydrogens is 262 g/mol. The summed E-state index contributed by atoms with van der Waals surface area (Å²) in [6.45, 7) is 8.26. The number of benzene rings is 1. The molecule has 4 heteroatoms. The van der Waals surface area contributed by atoms with E-state index in [0.29, 0.717) is 11.5 Å². The van der Waals surface area contributed by atoms with Crippen LogP contribution in [0.5, 0.6) is 0 Å².